The summed E-state index contributed by atoms with van der Waals surface area (Å²) in [5.74, 6) is 0.276. The van der Waals surface area contributed by atoms with Crippen LogP contribution in [0.3, 0.4) is 0 Å². The molecular weight excluding hydrogens is 498 g/mol. The number of ketones is 1. The highest BCUT2D eigenvalue weighted by Gasteiger charge is 2.43. The molecule has 0 atom stereocenters. The summed E-state index contributed by atoms with van der Waals surface area (Å²) < 4.78 is 4.52. The highest BCUT2D eigenvalue weighted by atomic mass is 16.5. The number of aromatic nitrogens is 2. The zero-order chi connectivity index (χ0) is 29.5. The number of nitrogens with zero attached hydrogens (tertiary/aromatic N) is 2. The first-order chi connectivity index (χ1) is 19.3. The van der Waals surface area contributed by atoms with Crippen LogP contribution in [0, 0.1) is 12.3 Å². The van der Waals surface area contributed by atoms with Gasteiger partial charge in [0, 0.05) is 28.7 Å². The zero-order valence-electron chi connectivity index (χ0n) is 24.5. The number of hydrogen-bond acceptors (Lipinski definition) is 5. The number of hydrogen-bond donors (Lipinski definition) is 1. The number of methoxy groups -OCH3 is 1. The number of anilines is 1. The Morgan fingerprint density at radius 1 is 1.05 bits per heavy atom. The third-order valence-electron chi connectivity index (χ3n) is 6.35. The summed E-state index contributed by atoms with van der Waals surface area (Å²) in [4.78, 5) is 23.1. The first-order valence-electron chi connectivity index (χ1n) is 13.6. The lowest BCUT2D eigenvalue weighted by Gasteiger charge is -2.09. The minimum absolute atomic E-state index is 0.105. The molecule has 0 aliphatic heterocycles. The summed E-state index contributed by atoms with van der Waals surface area (Å²) in [7, 11) is 1.32. The topological polar surface area (TPSA) is 81.2 Å². The SMILES string of the molecule is C=C/C=C(\C=C/C)c1ccc(-c2ccc(C)cc2)nn1.CC.COC(=O)Nc1cccc(CC(=O)C2(C)CC2)c1. The summed E-state index contributed by atoms with van der Waals surface area (Å²) in [6.07, 6.45) is 9.56. The summed E-state index contributed by atoms with van der Waals surface area (Å²) >= 11 is 0. The van der Waals surface area contributed by atoms with Gasteiger partial charge in [0.25, 0.3) is 0 Å². The van der Waals surface area contributed by atoms with E-state index in [-0.39, 0.29) is 11.2 Å². The molecular formula is C34H41N3O3. The number of carbonyl (C=O) groups excluding carboxylic acids is 2. The van der Waals surface area contributed by atoms with E-state index in [0.29, 0.717) is 12.1 Å². The highest BCUT2D eigenvalue weighted by molar-refractivity contribution is 5.89. The summed E-state index contributed by atoms with van der Waals surface area (Å²) in [6.45, 7) is 13.8. The van der Waals surface area contributed by atoms with Crippen LogP contribution in [0.5, 0.6) is 0 Å². The average molecular weight is 540 g/mol. The fourth-order valence-electron chi connectivity index (χ4n) is 3.69. The molecule has 1 fully saturated rings. The van der Waals surface area contributed by atoms with Crippen LogP contribution >= 0.6 is 0 Å². The summed E-state index contributed by atoms with van der Waals surface area (Å²) in [5.41, 5.74) is 6.51. The Morgan fingerprint density at radius 3 is 2.30 bits per heavy atom. The molecule has 4 rings (SSSR count). The third kappa shape index (κ3) is 9.77. The van der Waals surface area contributed by atoms with Crippen molar-refractivity contribution in [3.63, 3.8) is 0 Å². The number of aryl methyl sites for hydroxylation is 1. The van der Waals surface area contributed by atoms with E-state index in [1.165, 1.54) is 12.7 Å². The Morgan fingerprint density at radius 2 is 1.75 bits per heavy atom. The van der Waals surface area contributed by atoms with Gasteiger partial charge in [0.1, 0.15) is 5.78 Å². The molecule has 0 saturated heterocycles. The van der Waals surface area contributed by atoms with E-state index in [4.69, 9.17) is 0 Å². The fraction of sp³-hybridized carbons (Fsp3) is 0.294. The van der Waals surface area contributed by atoms with Crippen LogP contribution in [0.1, 0.15) is 57.4 Å². The minimum Gasteiger partial charge on any atom is -0.453 e. The Kier molecular flexibility index (Phi) is 12.7. The molecule has 0 spiro atoms. The van der Waals surface area contributed by atoms with Gasteiger partial charge in [-0.25, -0.2) is 4.79 Å². The van der Waals surface area contributed by atoms with Crippen molar-refractivity contribution in [3.05, 3.63) is 108 Å². The van der Waals surface area contributed by atoms with E-state index in [2.05, 4.69) is 58.0 Å². The maximum absolute atomic E-state index is 12.0. The molecule has 1 aromatic heterocycles. The van der Waals surface area contributed by atoms with E-state index < -0.39 is 6.09 Å². The molecule has 210 valence electrons. The molecule has 0 unspecified atom stereocenters. The maximum atomic E-state index is 12.0. The predicted molar refractivity (Wildman–Crippen MR) is 165 cm³/mol. The van der Waals surface area contributed by atoms with E-state index in [0.717, 1.165) is 40.9 Å². The van der Waals surface area contributed by atoms with Gasteiger partial charge in [0.15, 0.2) is 0 Å². The van der Waals surface area contributed by atoms with Crippen LogP contribution in [0.4, 0.5) is 10.5 Å². The molecule has 1 aliphatic rings. The van der Waals surface area contributed by atoms with E-state index in [9.17, 15) is 9.59 Å². The number of carbonyl (C=O) groups is 2. The quantitative estimate of drug-likeness (QED) is 0.291. The van der Waals surface area contributed by atoms with Crippen molar-refractivity contribution in [2.75, 3.05) is 12.4 Å². The molecule has 1 saturated carbocycles. The molecule has 0 bridgehead atoms. The molecule has 6 nitrogen and oxygen atoms in total. The fourth-order valence-corrected chi connectivity index (χ4v) is 3.69. The van der Waals surface area contributed by atoms with E-state index in [1.54, 1.807) is 18.2 Å². The van der Waals surface area contributed by atoms with Crippen molar-refractivity contribution >= 4 is 23.1 Å². The Bertz CT molecular complexity index is 1320. The minimum atomic E-state index is -0.507. The molecule has 1 N–H and O–H groups in total. The standard InChI is InChI=1S/C18H18N2.C14H17NO3.C2H6/c1-4-6-15(7-5-2)17-12-13-18(20-19-17)16-10-8-14(3)9-11-16;1-14(6-7-14)12(16)9-10-4-3-5-11(8-10)15-13(17)18-2;1-2/h4-13H,1H2,2-3H3;3-5,8H,6-7,9H2,1-2H3,(H,15,17);1-2H3/b7-5-,15-6+;;. The Balaban J connectivity index is 0.000000265. The lowest BCUT2D eigenvalue weighted by atomic mass is 9.97. The predicted octanol–water partition coefficient (Wildman–Crippen LogP) is 8.40. The number of rotatable bonds is 8. The highest BCUT2D eigenvalue weighted by Crippen LogP contribution is 2.46. The number of ether oxygens (including phenoxy) is 1. The van der Waals surface area contributed by atoms with Gasteiger partial charge in [-0.15, -0.1) is 10.2 Å². The maximum Gasteiger partial charge on any atom is 0.411 e. The van der Waals surface area contributed by atoms with E-state index in [1.807, 2.05) is 70.2 Å². The summed E-state index contributed by atoms with van der Waals surface area (Å²) in [5, 5.41) is 11.2. The molecule has 1 aliphatic carbocycles. The number of nitrogens with one attached hydrogen (secondary N) is 1. The third-order valence-corrected chi connectivity index (χ3v) is 6.35. The van der Waals surface area contributed by atoms with Gasteiger partial charge in [-0.3, -0.25) is 10.1 Å². The first-order valence-corrected chi connectivity index (χ1v) is 13.6. The number of allylic oxidation sites excluding steroid dienone is 5. The molecule has 6 heteroatoms. The van der Waals surface area contributed by atoms with Crippen LogP contribution in [0.2, 0.25) is 0 Å². The van der Waals surface area contributed by atoms with Gasteiger partial charge < -0.3 is 4.74 Å². The smallest absolute Gasteiger partial charge is 0.411 e. The first kappa shape index (κ1) is 31.9. The molecule has 3 aromatic rings. The van der Waals surface area contributed by atoms with Gasteiger partial charge in [0.2, 0.25) is 0 Å². The second-order valence-electron chi connectivity index (χ2n) is 9.51. The van der Waals surface area contributed by atoms with Gasteiger partial charge in [0.05, 0.1) is 18.5 Å². The normalized spacial score (nSPS) is 13.2. The monoisotopic (exact) mass is 539 g/mol. The van der Waals surface area contributed by atoms with Crippen molar-refractivity contribution in [1.82, 2.24) is 10.2 Å². The number of amides is 1. The lowest BCUT2D eigenvalue weighted by Crippen LogP contribution is -2.15. The van der Waals surface area contributed by atoms with Gasteiger partial charge in [-0.2, -0.15) is 0 Å². The van der Waals surface area contributed by atoms with Crippen LogP contribution in [-0.2, 0) is 16.0 Å². The Hall–Kier alpha value is -4.32. The number of Topliss-reactive ketones (excluding diaryl/α,β-unsaturated/α-hetero) is 1. The van der Waals surface area contributed by atoms with Gasteiger partial charge in [-0.1, -0.05) is 93.6 Å². The summed E-state index contributed by atoms with van der Waals surface area (Å²) in [6, 6.07) is 19.5. The van der Waals surface area contributed by atoms with Crippen molar-refractivity contribution in [1.29, 1.82) is 0 Å². The second-order valence-corrected chi connectivity index (χ2v) is 9.51. The van der Waals surface area contributed by atoms with Crippen LogP contribution in [0.25, 0.3) is 16.8 Å². The van der Waals surface area contributed by atoms with Gasteiger partial charge >= 0.3 is 6.09 Å². The molecule has 1 amide bonds. The van der Waals surface area contributed by atoms with Crippen LogP contribution in [0.15, 0.2) is 91.5 Å². The van der Waals surface area contributed by atoms with Crippen LogP contribution in [-0.4, -0.2) is 29.2 Å². The zero-order valence-corrected chi connectivity index (χ0v) is 24.5. The molecule has 2 aromatic carbocycles. The molecule has 40 heavy (non-hydrogen) atoms. The number of benzene rings is 2. The van der Waals surface area contributed by atoms with Crippen molar-refractivity contribution in [2.24, 2.45) is 5.41 Å². The van der Waals surface area contributed by atoms with Gasteiger partial charge in [-0.05, 0) is 56.5 Å². The second kappa shape index (κ2) is 15.9. The van der Waals surface area contributed by atoms with Crippen molar-refractivity contribution in [3.8, 4) is 11.3 Å². The van der Waals surface area contributed by atoms with E-state index >= 15 is 0 Å². The average Bonchev–Trinajstić information content (AvgIpc) is 3.73. The molecule has 1 heterocycles. The van der Waals surface area contributed by atoms with Crippen molar-refractivity contribution in [2.45, 2.75) is 53.9 Å². The van der Waals surface area contributed by atoms with Crippen LogP contribution < -0.4 is 5.32 Å². The Labute approximate surface area is 238 Å². The lowest BCUT2D eigenvalue weighted by molar-refractivity contribution is -0.122. The largest absolute Gasteiger partial charge is 0.453 e. The molecule has 0 radical (unpaired) electrons. The van der Waals surface area contributed by atoms with Crippen molar-refractivity contribution < 1.29 is 14.3 Å².